The molecule has 2 aliphatic heterocycles. The molecule has 0 saturated carbocycles. The number of rotatable bonds is 6. The van der Waals surface area contributed by atoms with Gasteiger partial charge in [0.1, 0.15) is 0 Å². The van der Waals surface area contributed by atoms with Gasteiger partial charge in [0.25, 0.3) is 5.91 Å². The second-order valence-corrected chi connectivity index (χ2v) is 11.4. The maximum absolute atomic E-state index is 13.5. The van der Waals surface area contributed by atoms with Gasteiger partial charge in [-0.2, -0.15) is 5.10 Å². The number of hydrogen-bond acceptors (Lipinski definition) is 5. The number of aromatic nitrogens is 2. The van der Waals surface area contributed by atoms with Gasteiger partial charge in [-0.05, 0) is 24.3 Å². The van der Waals surface area contributed by atoms with Gasteiger partial charge in [-0.15, -0.1) is 4.31 Å². The second-order valence-electron chi connectivity index (χ2n) is 9.09. The lowest BCUT2D eigenvalue weighted by molar-refractivity contribution is 0.0923. The molecular weight excluding hydrogens is 474 g/mol. The third kappa shape index (κ3) is 4.13. The Morgan fingerprint density at radius 2 is 1.88 bits per heavy atom. The van der Waals surface area contributed by atoms with Gasteiger partial charge in [-0.3, -0.25) is 9.48 Å². The Labute approximate surface area is 204 Å². The number of halogens is 1. The molecule has 1 spiro atoms. The second kappa shape index (κ2) is 8.81. The van der Waals surface area contributed by atoms with Crippen molar-refractivity contribution in [1.29, 1.82) is 0 Å². The summed E-state index contributed by atoms with van der Waals surface area (Å²) in [6.45, 7) is 2.53. The number of benzene rings is 2. The standard InChI is InChI=1S/C24H26ClN5O3S/c1-28-13-18(11-27-28)23(31)26-12-19-14-30(34(32,33)22-10-6-5-9-21(22)25)17-24(19)15-29(16-24)20-7-3-2-4-8-20/h2-11,13,19H,12,14-17H2,1H3,(H-,26,31,32,33). The van der Waals surface area contributed by atoms with E-state index in [9.17, 15) is 13.6 Å². The van der Waals surface area contributed by atoms with Crippen LogP contribution in [-0.2, 0) is 21.7 Å². The highest BCUT2D eigenvalue weighted by Crippen LogP contribution is 2.48. The van der Waals surface area contributed by atoms with Crippen LogP contribution in [0.25, 0.3) is 0 Å². The van der Waals surface area contributed by atoms with Crippen LogP contribution in [0.1, 0.15) is 10.4 Å². The molecule has 3 heterocycles. The van der Waals surface area contributed by atoms with E-state index < -0.39 is 10.4 Å². The van der Waals surface area contributed by atoms with Crippen LogP contribution in [0.5, 0.6) is 0 Å². The lowest BCUT2D eigenvalue weighted by atomic mass is 9.71. The van der Waals surface area contributed by atoms with Gasteiger partial charge in [0.15, 0.2) is 15.3 Å². The average Bonchev–Trinajstić information content (AvgIpc) is 3.42. The molecule has 178 valence electrons. The summed E-state index contributed by atoms with van der Waals surface area (Å²) in [4.78, 5) is 15.0. The maximum Gasteiger partial charge on any atom is 0.254 e. The summed E-state index contributed by atoms with van der Waals surface area (Å²) in [5, 5.41) is 7.26. The Hall–Kier alpha value is -2.72. The molecule has 5 rings (SSSR count). The van der Waals surface area contributed by atoms with Crippen LogP contribution < -0.4 is 10.2 Å². The minimum atomic E-state index is -3.76. The molecule has 0 radical (unpaired) electrons. The lowest BCUT2D eigenvalue weighted by Crippen LogP contribution is -2.62. The van der Waals surface area contributed by atoms with E-state index in [1.807, 2.05) is 18.2 Å². The Morgan fingerprint density at radius 3 is 2.56 bits per heavy atom. The average molecular weight is 500 g/mol. The molecular formula is C24H26ClN5O3S. The quantitative estimate of drug-likeness (QED) is 0.526. The van der Waals surface area contributed by atoms with Crippen molar-refractivity contribution in [2.75, 3.05) is 37.6 Å². The number of hydrogen-bond donors (Lipinski definition) is 1. The number of carbonyl (C=O) groups is 1. The lowest BCUT2D eigenvalue weighted by Gasteiger charge is -2.52. The number of para-hydroxylation sites is 1. The molecule has 1 N–H and O–H groups in total. The Balaban J connectivity index is 1.37. The van der Waals surface area contributed by atoms with E-state index in [0.717, 1.165) is 18.8 Å². The van der Waals surface area contributed by atoms with E-state index >= 15 is 0 Å². The van der Waals surface area contributed by atoms with Gasteiger partial charge < -0.3 is 14.8 Å². The molecule has 1 aromatic heterocycles. The monoisotopic (exact) mass is 499 g/mol. The van der Waals surface area contributed by atoms with E-state index in [2.05, 4.69) is 27.4 Å². The van der Waals surface area contributed by atoms with Crippen LogP contribution in [0.4, 0.5) is 5.69 Å². The summed E-state index contributed by atoms with van der Waals surface area (Å²) in [5.41, 5.74) is 1.33. The Bertz CT molecular complexity index is 1240. The third-order valence-electron chi connectivity index (χ3n) is 6.84. The van der Waals surface area contributed by atoms with E-state index in [1.54, 1.807) is 42.2 Å². The number of carbonyl (C=O) groups excluding carboxylic acids is 1. The zero-order chi connectivity index (χ0) is 23.9. The molecule has 8 nitrogen and oxygen atoms in total. The summed E-state index contributed by atoms with van der Waals surface area (Å²) in [6, 6.07) is 16.6. The summed E-state index contributed by atoms with van der Waals surface area (Å²) in [7, 11) is -2.01. The molecule has 3 aromatic rings. The van der Waals surface area contributed by atoms with Gasteiger partial charge in [-0.25, -0.2) is 0 Å². The summed E-state index contributed by atoms with van der Waals surface area (Å²) in [5.74, 6) is -0.250. The van der Waals surface area contributed by atoms with Crippen LogP contribution in [0.2, 0.25) is 5.02 Å². The van der Waals surface area contributed by atoms with Crippen molar-refractivity contribution in [2.24, 2.45) is 18.4 Å². The first-order valence-electron chi connectivity index (χ1n) is 11.1. The number of anilines is 1. The normalized spacial score (nSPS) is 21.3. The minimum absolute atomic E-state index is 0.0367. The predicted octanol–water partition coefficient (Wildman–Crippen LogP) is 2.85. The first-order valence-corrected chi connectivity index (χ1v) is 12.9. The maximum atomic E-state index is 13.5. The zero-order valence-corrected chi connectivity index (χ0v) is 20.3. The van der Waals surface area contributed by atoms with Gasteiger partial charge in [-0.1, -0.05) is 46.1 Å². The highest BCUT2D eigenvalue weighted by molar-refractivity contribution is 7.95. The molecule has 2 saturated heterocycles. The number of aryl methyl sites for hydroxylation is 1. The highest BCUT2D eigenvalue weighted by atomic mass is 35.5. The van der Waals surface area contributed by atoms with Gasteiger partial charge in [0, 0.05) is 56.4 Å². The smallest absolute Gasteiger partial charge is 0.254 e. The zero-order valence-electron chi connectivity index (χ0n) is 18.8. The molecule has 2 aliphatic rings. The van der Waals surface area contributed by atoms with Crippen LogP contribution in [0, 0.1) is 11.3 Å². The number of sulfonamides is 1. The van der Waals surface area contributed by atoms with E-state index in [0.29, 0.717) is 25.2 Å². The van der Waals surface area contributed by atoms with Crippen molar-refractivity contribution >= 4 is 33.6 Å². The van der Waals surface area contributed by atoms with Crippen molar-refractivity contribution in [3.8, 4) is 0 Å². The molecule has 34 heavy (non-hydrogen) atoms. The highest BCUT2D eigenvalue weighted by Gasteiger charge is 2.58. The molecule has 2 unspecified atom stereocenters. The van der Waals surface area contributed by atoms with Crippen LogP contribution >= 0.6 is 11.6 Å². The topological polar surface area (TPSA) is 93.5 Å². The molecule has 0 aliphatic carbocycles. The largest absolute Gasteiger partial charge is 0.593 e. The fraction of sp³-hybridized carbons (Fsp3) is 0.333. The van der Waals surface area contributed by atoms with Crippen molar-refractivity contribution < 1.29 is 13.6 Å². The Morgan fingerprint density at radius 1 is 1.18 bits per heavy atom. The Kier molecular flexibility index (Phi) is 5.97. The van der Waals surface area contributed by atoms with Crippen molar-refractivity contribution in [2.45, 2.75) is 4.90 Å². The molecule has 2 atom stereocenters. The van der Waals surface area contributed by atoms with Crippen LogP contribution in [-0.4, -0.2) is 57.3 Å². The first kappa shape index (κ1) is 23.0. The number of amides is 1. The van der Waals surface area contributed by atoms with Crippen LogP contribution in [0.3, 0.4) is 0 Å². The molecule has 10 heteroatoms. The minimum Gasteiger partial charge on any atom is -0.593 e. The molecule has 0 bridgehead atoms. The van der Waals surface area contributed by atoms with Gasteiger partial charge >= 0.3 is 0 Å². The van der Waals surface area contributed by atoms with E-state index in [-0.39, 0.29) is 27.2 Å². The molecule has 2 aromatic carbocycles. The van der Waals surface area contributed by atoms with Crippen LogP contribution in [0.15, 0.2) is 71.9 Å². The number of nitrogens with one attached hydrogen (secondary N) is 1. The summed E-state index contributed by atoms with van der Waals surface area (Å²) in [6.07, 6.45) is 3.18. The van der Waals surface area contributed by atoms with Crippen molar-refractivity contribution in [1.82, 2.24) is 19.4 Å². The van der Waals surface area contributed by atoms with Gasteiger partial charge in [0.2, 0.25) is 0 Å². The fourth-order valence-corrected chi connectivity index (χ4v) is 7.07. The van der Waals surface area contributed by atoms with E-state index in [1.165, 1.54) is 10.5 Å². The third-order valence-corrected chi connectivity index (χ3v) is 9.16. The number of nitrogens with zero attached hydrogens (tertiary/aromatic N) is 4. The molecule has 1 amide bonds. The predicted molar refractivity (Wildman–Crippen MR) is 130 cm³/mol. The summed E-state index contributed by atoms with van der Waals surface area (Å²) >= 11 is 6.24. The SMILES string of the molecule is Cn1cc(C(=O)NCC2CN([S+](=O)([O-])c3ccccc3Cl)CC23CN(c2ccccc2)C3)cn1. The summed E-state index contributed by atoms with van der Waals surface area (Å²) < 4.78 is 30.0. The first-order chi connectivity index (χ1) is 16.3. The van der Waals surface area contributed by atoms with Crippen molar-refractivity contribution in [3.05, 3.63) is 77.6 Å². The van der Waals surface area contributed by atoms with Gasteiger partial charge in [0.05, 0.1) is 23.3 Å². The fourth-order valence-electron chi connectivity index (χ4n) is 4.99. The molecule has 2 fully saturated rings. The van der Waals surface area contributed by atoms with E-state index in [4.69, 9.17) is 11.6 Å². The van der Waals surface area contributed by atoms with Crippen molar-refractivity contribution in [3.63, 3.8) is 0 Å².